The number of aromatic amines is 1. The molecule has 0 aliphatic heterocycles. The van der Waals surface area contributed by atoms with Gasteiger partial charge in [0.05, 0.1) is 0 Å². The highest BCUT2D eigenvalue weighted by atomic mass is 19.3. The first-order valence-electron chi connectivity index (χ1n) is 4.65. The lowest BCUT2D eigenvalue weighted by Crippen LogP contribution is -2.06. The summed E-state index contributed by atoms with van der Waals surface area (Å²) >= 11 is 0. The monoisotopic (exact) mass is 211 g/mol. The Morgan fingerprint density at radius 1 is 1.33 bits per heavy atom. The SMILES string of the molecule is Cc1cc2ccc(OCC(F)F)cc2[nH]1. The predicted octanol–water partition coefficient (Wildman–Crippen LogP) is 3.12. The molecule has 1 aromatic carbocycles. The van der Waals surface area contributed by atoms with Gasteiger partial charge in [0.15, 0.2) is 0 Å². The summed E-state index contributed by atoms with van der Waals surface area (Å²) in [6.45, 7) is 1.38. The minimum atomic E-state index is -2.44. The van der Waals surface area contributed by atoms with Crippen molar-refractivity contribution in [3.8, 4) is 5.75 Å². The molecule has 0 fully saturated rings. The molecule has 2 aromatic rings. The van der Waals surface area contributed by atoms with E-state index in [-0.39, 0.29) is 0 Å². The van der Waals surface area contributed by atoms with Crippen LogP contribution in [0.15, 0.2) is 24.3 Å². The average molecular weight is 211 g/mol. The van der Waals surface area contributed by atoms with Gasteiger partial charge in [0, 0.05) is 17.3 Å². The van der Waals surface area contributed by atoms with Crippen molar-refractivity contribution in [3.63, 3.8) is 0 Å². The van der Waals surface area contributed by atoms with E-state index in [2.05, 4.69) is 4.98 Å². The van der Waals surface area contributed by atoms with E-state index in [1.807, 2.05) is 19.1 Å². The highest BCUT2D eigenvalue weighted by Crippen LogP contribution is 2.21. The number of nitrogens with one attached hydrogen (secondary N) is 1. The van der Waals surface area contributed by atoms with Crippen molar-refractivity contribution in [3.05, 3.63) is 30.0 Å². The second-order valence-corrected chi connectivity index (χ2v) is 3.40. The van der Waals surface area contributed by atoms with E-state index in [4.69, 9.17) is 4.74 Å². The number of fused-ring (bicyclic) bond motifs is 1. The molecular formula is C11H11F2NO. The molecule has 0 saturated heterocycles. The normalized spacial score (nSPS) is 11.2. The molecule has 0 unspecified atom stereocenters. The Balaban J connectivity index is 2.22. The molecule has 0 bridgehead atoms. The molecule has 4 heteroatoms. The molecule has 0 aliphatic rings. The molecule has 1 aromatic heterocycles. The van der Waals surface area contributed by atoms with Crippen LogP contribution in [0, 0.1) is 6.92 Å². The van der Waals surface area contributed by atoms with Crippen LogP contribution in [-0.2, 0) is 0 Å². The number of ether oxygens (including phenoxy) is 1. The van der Waals surface area contributed by atoms with Gasteiger partial charge in [-0.25, -0.2) is 8.78 Å². The number of alkyl halides is 2. The quantitative estimate of drug-likeness (QED) is 0.828. The van der Waals surface area contributed by atoms with E-state index in [0.29, 0.717) is 5.75 Å². The number of hydrogen-bond donors (Lipinski definition) is 1. The van der Waals surface area contributed by atoms with Crippen LogP contribution in [0.5, 0.6) is 5.75 Å². The third-order valence-corrected chi connectivity index (χ3v) is 2.10. The van der Waals surface area contributed by atoms with Crippen molar-refractivity contribution in [2.45, 2.75) is 13.3 Å². The van der Waals surface area contributed by atoms with Crippen LogP contribution in [0.1, 0.15) is 5.69 Å². The number of hydrogen-bond acceptors (Lipinski definition) is 1. The number of rotatable bonds is 3. The van der Waals surface area contributed by atoms with Crippen molar-refractivity contribution in [2.24, 2.45) is 0 Å². The Morgan fingerprint density at radius 3 is 2.87 bits per heavy atom. The molecular weight excluding hydrogens is 200 g/mol. The number of aromatic nitrogens is 1. The smallest absolute Gasteiger partial charge is 0.272 e. The largest absolute Gasteiger partial charge is 0.488 e. The van der Waals surface area contributed by atoms with Crippen LogP contribution >= 0.6 is 0 Å². The van der Waals surface area contributed by atoms with Crippen molar-refractivity contribution in [1.29, 1.82) is 0 Å². The molecule has 2 nitrogen and oxygen atoms in total. The third-order valence-electron chi connectivity index (χ3n) is 2.10. The Labute approximate surface area is 85.9 Å². The van der Waals surface area contributed by atoms with Crippen molar-refractivity contribution >= 4 is 10.9 Å². The summed E-state index contributed by atoms with van der Waals surface area (Å²) in [7, 11) is 0. The van der Waals surface area contributed by atoms with Crippen LogP contribution in [0.3, 0.4) is 0 Å². The lowest BCUT2D eigenvalue weighted by molar-refractivity contribution is 0.0820. The molecule has 0 aliphatic carbocycles. The second-order valence-electron chi connectivity index (χ2n) is 3.40. The van der Waals surface area contributed by atoms with E-state index in [1.54, 1.807) is 12.1 Å². The van der Waals surface area contributed by atoms with Gasteiger partial charge in [0.25, 0.3) is 6.43 Å². The summed E-state index contributed by atoms with van der Waals surface area (Å²) < 4.78 is 28.7. The third kappa shape index (κ3) is 2.26. The number of aryl methyl sites for hydroxylation is 1. The fourth-order valence-corrected chi connectivity index (χ4v) is 1.50. The molecule has 15 heavy (non-hydrogen) atoms. The van der Waals surface area contributed by atoms with Crippen LogP contribution in [0.4, 0.5) is 8.78 Å². The first-order valence-corrected chi connectivity index (χ1v) is 4.65. The Kier molecular flexibility index (Phi) is 2.58. The summed E-state index contributed by atoms with van der Waals surface area (Å²) in [6, 6.07) is 7.26. The maximum Gasteiger partial charge on any atom is 0.272 e. The first-order chi connectivity index (χ1) is 7.15. The van der Waals surface area contributed by atoms with Gasteiger partial charge in [0.2, 0.25) is 0 Å². The number of halogens is 2. The molecule has 2 rings (SSSR count). The summed E-state index contributed by atoms with van der Waals surface area (Å²) in [5.74, 6) is 0.463. The zero-order chi connectivity index (χ0) is 10.8. The van der Waals surface area contributed by atoms with Gasteiger partial charge in [0.1, 0.15) is 12.4 Å². The highest BCUT2D eigenvalue weighted by molar-refractivity contribution is 5.81. The van der Waals surface area contributed by atoms with Gasteiger partial charge in [-0.2, -0.15) is 0 Å². The summed E-state index contributed by atoms with van der Waals surface area (Å²) in [5.41, 5.74) is 1.94. The molecule has 0 amide bonds. The van der Waals surface area contributed by atoms with Crippen molar-refractivity contribution in [1.82, 2.24) is 4.98 Å². The first kappa shape index (κ1) is 9.96. The summed E-state index contributed by atoms with van der Waals surface area (Å²) in [4.78, 5) is 3.12. The summed E-state index contributed by atoms with van der Waals surface area (Å²) in [5, 5.41) is 1.05. The Morgan fingerprint density at radius 2 is 2.13 bits per heavy atom. The van der Waals surface area contributed by atoms with Gasteiger partial charge in [-0.1, -0.05) is 0 Å². The van der Waals surface area contributed by atoms with Crippen LogP contribution < -0.4 is 4.74 Å². The highest BCUT2D eigenvalue weighted by Gasteiger charge is 2.04. The van der Waals surface area contributed by atoms with E-state index >= 15 is 0 Å². The maximum atomic E-state index is 11.9. The fraction of sp³-hybridized carbons (Fsp3) is 0.273. The maximum absolute atomic E-state index is 11.9. The van der Waals surface area contributed by atoms with E-state index in [1.165, 1.54) is 0 Å². The lowest BCUT2D eigenvalue weighted by atomic mass is 10.2. The van der Waals surface area contributed by atoms with Gasteiger partial charge in [-0.15, -0.1) is 0 Å². The van der Waals surface area contributed by atoms with Crippen LogP contribution in [-0.4, -0.2) is 18.0 Å². The van der Waals surface area contributed by atoms with Gasteiger partial charge in [-0.05, 0) is 30.5 Å². The predicted molar refractivity (Wildman–Crippen MR) is 54.5 cm³/mol. The second kappa shape index (κ2) is 3.88. The lowest BCUT2D eigenvalue weighted by Gasteiger charge is -2.04. The van der Waals surface area contributed by atoms with Crippen LogP contribution in [0.25, 0.3) is 10.9 Å². The van der Waals surface area contributed by atoms with Gasteiger partial charge in [-0.3, -0.25) is 0 Å². The Hall–Kier alpha value is -1.58. The van der Waals surface area contributed by atoms with Crippen LogP contribution in [0.2, 0.25) is 0 Å². The zero-order valence-electron chi connectivity index (χ0n) is 8.26. The average Bonchev–Trinajstić information content (AvgIpc) is 2.53. The number of H-pyrrole nitrogens is 1. The molecule has 0 saturated carbocycles. The van der Waals surface area contributed by atoms with Crippen molar-refractivity contribution < 1.29 is 13.5 Å². The summed E-state index contributed by atoms with van der Waals surface area (Å²) in [6.07, 6.45) is -2.44. The topological polar surface area (TPSA) is 25.0 Å². The van der Waals surface area contributed by atoms with Crippen molar-refractivity contribution in [2.75, 3.05) is 6.61 Å². The molecule has 0 atom stereocenters. The van der Waals surface area contributed by atoms with E-state index < -0.39 is 13.0 Å². The minimum absolute atomic E-state index is 0.463. The number of benzene rings is 1. The van der Waals surface area contributed by atoms with E-state index in [0.717, 1.165) is 16.6 Å². The molecule has 80 valence electrons. The van der Waals surface area contributed by atoms with Gasteiger partial charge < -0.3 is 9.72 Å². The molecule has 1 N–H and O–H groups in total. The molecule has 0 radical (unpaired) electrons. The van der Waals surface area contributed by atoms with E-state index in [9.17, 15) is 8.78 Å². The van der Waals surface area contributed by atoms with Gasteiger partial charge >= 0.3 is 0 Å². The standard InChI is InChI=1S/C11H11F2NO/c1-7-4-8-2-3-9(5-10(8)14-7)15-6-11(12)13/h2-5,11,14H,6H2,1H3. The minimum Gasteiger partial charge on any atom is -0.488 e. The zero-order valence-corrected chi connectivity index (χ0v) is 8.26. The Bertz CT molecular complexity index is 465. The molecule has 1 heterocycles. The molecule has 0 spiro atoms. The fourth-order valence-electron chi connectivity index (χ4n) is 1.50.